The Bertz CT molecular complexity index is 454. The van der Waals surface area contributed by atoms with Gasteiger partial charge in [0.25, 0.3) is 5.91 Å². The Morgan fingerprint density at radius 2 is 2.30 bits per heavy atom. The van der Waals surface area contributed by atoms with Gasteiger partial charge in [0.05, 0.1) is 6.10 Å². The molecule has 1 aromatic heterocycles. The van der Waals surface area contributed by atoms with E-state index < -0.39 is 0 Å². The third-order valence-corrected chi connectivity index (χ3v) is 3.87. The average molecular weight is 279 g/mol. The fourth-order valence-electron chi connectivity index (χ4n) is 2.88. The van der Waals surface area contributed by atoms with E-state index in [0.717, 1.165) is 31.6 Å². The Morgan fingerprint density at radius 1 is 1.55 bits per heavy atom. The lowest BCUT2D eigenvalue weighted by Crippen LogP contribution is -2.31. The largest absolute Gasteiger partial charge is 0.393 e. The summed E-state index contributed by atoms with van der Waals surface area (Å²) in [6.45, 7) is 3.73. The molecule has 5 nitrogen and oxygen atoms in total. The number of hydrogen-bond acceptors (Lipinski definition) is 3. The van der Waals surface area contributed by atoms with E-state index in [0.29, 0.717) is 11.7 Å². The molecule has 1 aromatic rings. The predicted octanol–water partition coefficient (Wildman–Crippen LogP) is 1.45. The number of carbonyl (C=O) groups is 1. The standard InChI is InChI=1S/C15H25N3O2/c1-11(19)9-13-5-4-8-18(13)10-12-6-7-14(16-12)15(20)17(2)3/h6-7,11,13,16,19H,4-5,8-10H2,1-3H3. The van der Waals surface area contributed by atoms with Gasteiger partial charge in [-0.3, -0.25) is 9.69 Å². The summed E-state index contributed by atoms with van der Waals surface area (Å²) in [5.41, 5.74) is 1.70. The van der Waals surface area contributed by atoms with Gasteiger partial charge in [-0.25, -0.2) is 0 Å². The van der Waals surface area contributed by atoms with E-state index in [2.05, 4.69) is 9.88 Å². The summed E-state index contributed by atoms with van der Waals surface area (Å²) in [6.07, 6.45) is 2.90. The van der Waals surface area contributed by atoms with Gasteiger partial charge in [-0.15, -0.1) is 0 Å². The van der Waals surface area contributed by atoms with Gasteiger partial charge < -0.3 is 15.0 Å². The fourth-order valence-corrected chi connectivity index (χ4v) is 2.88. The summed E-state index contributed by atoms with van der Waals surface area (Å²) >= 11 is 0. The SMILES string of the molecule is CC(O)CC1CCCN1Cc1ccc(C(=O)N(C)C)[nH]1. The van der Waals surface area contributed by atoms with Crippen molar-refractivity contribution in [2.75, 3.05) is 20.6 Å². The number of hydrogen-bond donors (Lipinski definition) is 2. The van der Waals surface area contributed by atoms with E-state index in [-0.39, 0.29) is 12.0 Å². The van der Waals surface area contributed by atoms with Gasteiger partial charge in [0.15, 0.2) is 0 Å². The number of aliphatic hydroxyl groups excluding tert-OH is 1. The first-order chi connectivity index (χ1) is 9.47. The van der Waals surface area contributed by atoms with Gasteiger partial charge in [0, 0.05) is 32.4 Å². The molecule has 0 radical (unpaired) electrons. The Hall–Kier alpha value is -1.33. The molecule has 2 heterocycles. The third-order valence-electron chi connectivity index (χ3n) is 3.87. The molecule has 0 saturated carbocycles. The van der Waals surface area contributed by atoms with Crippen molar-refractivity contribution in [2.45, 2.75) is 44.9 Å². The molecule has 1 aliphatic rings. The van der Waals surface area contributed by atoms with Crippen molar-refractivity contribution < 1.29 is 9.90 Å². The second-order valence-electron chi connectivity index (χ2n) is 5.95. The first kappa shape index (κ1) is 15.1. The van der Waals surface area contributed by atoms with Gasteiger partial charge >= 0.3 is 0 Å². The number of carbonyl (C=O) groups excluding carboxylic acids is 1. The highest BCUT2D eigenvalue weighted by Crippen LogP contribution is 2.23. The third kappa shape index (κ3) is 3.61. The highest BCUT2D eigenvalue weighted by Gasteiger charge is 2.26. The van der Waals surface area contributed by atoms with Crippen LogP contribution in [0, 0.1) is 0 Å². The van der Waals surface area contributed by atoms with Crippen LogP contribution in [0.5, 0.6) is 0 Å². The molecule has 0 spiro atoms. The lowest BCUT2D eigenvalue weighted by atomic mass is 10.1. The molecule has 112 valence electrons. The minimum absolute atomic E-state index is 0.00166. The molecule has 1 fully saturated rings. The van der Waals surface area contributed by atoms with Gasteiger partial charge in [-0.2, -0.15) is 0 Å². The van der Waals surface area contributed by atoms with E-state index in [4.69, 9.17) is 0 Å². The monoisotopic (exact) mass is 279 g/mol. The first-order valence-electron chi connectivity index (χ1n) is 7.29. The maximum atomic E-state index is 11.9. The fraction of sp³-hybridized carbons (Fsp3) is 0.667. The van der Waals surface area contributed by atoms with Crippen molar-refractivity contribution in [2.24, 2.45) is 0 Å². The van der Waals surface area contributed by atoms with Crippen molar-refractivity contribution in [1.82, 2.24) is 14.8 Å². The molecule has 0 aliphatic carbocycles. The second-order valence-corrected chi connectivity index (χ2v) is 5.95. The molecule has 1 saturated heterocycles. The van der Waals surface area contributed by atoms with E-state index in [1.807, 2.05) is 19.1 Å². The van der Waals surface area contributed by atoms with Crippen molar-refractivity contribution in [3.63, 3.8) is 0 Å². The van der Waals surface area contributed by atoms with Crippen LogP contribution in [0.3, 0.4) is 0 Å². The van der Waals surface area contributed by atoms with Gasteiger partial charge in [0.1, 0.15) is 5.69 Å². The molecule has 1 amide bonds. The smallest absolute Gasteiger partial charge is 0.269 e. The van der Waals surface area contributed by atoms with Crippen molar-refractivity contribution in [1.29, 1.82) is 0 Å². The van der Waals surface area contributed by atoms with Gasteiger partial charge in [0.2, 0.25) is 0 Å². The molecular weight excluding hydrogens is 254 g/mol. The quantitative estimate of drug-likeness (QED) is 0.857. The highest BCUT2D eigenvalue weighted by atomic mass is 16.3. The highest BCUT2D eigenvalue weighted by molar-refractivity contribution is 5.92. The zero-order valence-electron chi connectivity index (χ0n) is 12.6. The summed E-state index contributed by atoms with van der Waals surface area (Å²) in [6, 6.07) is 4.28. The second kappa shape index (κ2) is 6.41. The van der Waals surface area contributed by atoms with Crippen molar-refractivity contribution in [3.8, 4) is 0 Å². The van der Waals surface area contributed by atoms with Crippen molar-refractivity contribution in [3.05, 3.63) is 23.5 Å². The van der Waals surface area contributed by atoms with Crippen LogP contribution in [0.15, 0.2) is 12.1 Å². The number of nitrogens with one attached hydrogen (secondary N) is 1. The molecule has 5 heteroatoms. The predicted molar refractivity (Wildman–Crippen MR) is 78.5 cm³/mol. The minimum atomic E-state index is -0.255. The van der Waals surface area contributed by atoms with Crippen LogP contribution < -0.4 is 0 Å². The number of aromatic amines is 1. The topological polar surface area (TPSA) is 59.6 Å². The summed E-state index contributed by atoms with van der Waals surface area (Å²) < 4.78 is 0. The van der Waals surface area contributed by atoms with E-state index in [9.17, 15) is 9.90 Å². The summed E-state index contributed by atoms with van der Waals surface area (Å²) in [4.78, 5) is 19.0. The zero-order chi connectivity index (χ0) is 14.7. The summed E-state index contributed by atoms with van der Waals surface area (Å²) in [7, 11) is 3.50. The number of aromatic nitrogens is 1. The molecule has 20 heavy (non-hydrogen) atoms. The minimum Gasteiger partial charge on any atom is -0.393 e. The molecule has 2 N–H and O–H groups in total. The molecule has 0 bridgehead atoms. The lowest BCUT2D eigenvalue weighted by Gasteiger charge is -2.24. The molecule has 0 aromatic carbocycles. The zero-order valence-corrected chi connectivity index (χ0v) is 12.6. The Morgan fingerprint density at radius 3 is 2.95 bits per heavy atom. The maximum absolute atomic E-state index is 11.9. The Kier molecular flexibility index (Phi) is 4.83. The molecular formula is C15H25N3O2. The van der Waals surface area contributed by atoms with Crippen LogP contribution in [-0.2, 0) is 6.54 Å². The Labute approximate surface area is 120 Å². The number of amides is 1. The van der Waals surface area contributed by atoms with Crippen LogP contribution in [-0.4, -0.2) is 58.6 Å². The van der Waals surface area contributed by atoms with Crippen molar-refractivity contribution >= 4 is 5.91 Å². The van der Waals surface area contributed by atoms with Gasteiger partial charge in [-0.1, -0.05) is 0 Å². The number of H-pyrrole nitrogens is 1. The van der Waals surface area contributed by atoms with Crippen LogP contribution in [0.4, 0.5) is 0 Å². The van der Waals surface area contributed by atoms with Crippen LogP contribution in [0.2, 0.25) is 0 Å². The number of rotatable bonds is 5. The molecule has 2 rings (SSSR count). The van der Waals surface area contributed by atoms with E-state index >= 15 is 0 Å². The number of aliphatic hydroxyl groups is 1. The first-order valence-corrected chi connectivity index (χ1v) is 7.29. The summed E-state index contributed by atoms with van der Waals surface area (Å²) in [5, 5.41) is 9.55. The number of nitrogens with zero attached hydrogens (tertiary/aromatic N) is 2. The van der Waals surface area contributed by atoms with Crippen LogP contribution >= 0.6 is 0 Å². The molecule has 2 atom stereocenters. The number of likely N-dealkylation sites (tertiary alicyclic amines) is 1. The maximum Gasteiger partial charge on any atom is 0.269 e. The summed E-state index contributed by atoms with van der Waals surface area (Å²) in [5.74, 6) is -0.00166. The Balaban J connectivity index is 1.98. The van der Waals surface area contributed by atoms with Gasteiger partial charge in [-0.05, 0) is 44.9 Å². The van der Waals surface area contributed by atoms with E-state index in [1.165, 1.54) is 6.42 Å². The molecule has 2 unspecified atom stereocenters. The van der Waals surface area contributed by atoms with Crippen LogP contribution in [0.1, 0.15) is 42.4 Å². The molecule has 1 aliphatic heterocycles. The van der Waals surface area contributed by atoms with E-state index in [1.54, 1.807) is 19.0 Å². The van der Waals surface area contributed by atoms with Crippen LogP contribution in [0.25, 0.3) is 0 Å². The average Bonchev–Trinajstić information content (AvgIpc) is 2.98. The normalized spacial score (nSPS) is 21.1. The lowest BCUT2D eigenvalue weighted by molar-refractivity contribution is 0.0822.